The number of hydrogen-bond acceptors (Lipinski definition) is 7. The van der Waals surface area contributed by atoms with Gasteiger partial charge in [0.05, 0.1) is 31.2 Å². The van der Waals surface area contributed by atoms with Crippen molar-refractivity contribution in [3.05, 3.63) is 60.1 Å². The highest BCUT2D eigenvalue weighted by molar-refractivity contribution is 14.1. The van der Waals surface area contributed by atoms with E-state index in [9.17, 15) is 9.90 Å². The minimum absolute atomic E-state index is 0.170. The third kappa shape index (κ3) is 4.53. The average molecular weight is 656 g/mol. The number of anilines is 4. The number of nitrogens with zero attached hydrogens (tertiary/aromatic N) is 3. The smallest absolute Gasteiger partial charge is 0.324 e. The Morgan fingerprint density at radius 3 is 2.69 bits per heavy atom. The molecule has 2 amide bonds. The van der Waals surface area contributed by atoms with E-state index in [1.165, 1.54) is 22.7 Å². The quantitative estimate of drug-likeness (QED) is 0.196. The standard InChI is InChI=1S/C24H20ClFIN5O2S2/c1-11-20(27)36-21(28-11)17-12(26)8-15(33)19-18(17)24(2,3)10-32(19)14-7-5-4-6-13(14)29-23(34)31-16-9-35-22(25)30-16/h4-9,33H,10H2,1-3H3,(H2,29,31,34). The first-order valence-electron chi connectivity index (χ1n) is 10.8. The normalized spacial score (nSPS) is 14.1. The number of urea groups is 1. The fraction of sp³-hybridized carbons (Fsp3) is 0.208. The second kappa shape index (κ2) is 9.43. The van der Waals surface area contributed by atoms with Crippen molar-refractivity contribution in [1.29, 1.82) is 0 Å². The van der Waals surface area contributed by atoms with Crippen molar-refractivity contribution >= 4 is 85.8 Å². The summed E-state index contributed by atoms with van der Waals surface area (Å²) in [5.74, 6) is -0.339. The summed E-state index contributed by atoms with van der Waals surface area (Å²) in [6.45, 7) is 6.36. The Bertz CT molecular complexity index is 1490. The van der Waals surface area contributed by atoms with Gasteiger partial charge in [-0.05, 0) is 41.6 Å². The van der Waals surface area contributed by atoms with E-state index in [2.05, 4.69) is 43.2 Å². The zero-order valence-electron chi connectivity index (χ0n) is 19.3. The van der Waals surface area contributed by atoms with Crippen LogP contribution in [0.15, 0.2) is 35.7 Å². The van der Waals surface area contributed by atoms with E-state index in [-0.39, 0.29) is 5.75 Å². The first-order chi connectivity index (χ1) is 17.0. The van der Waals surface area contributed by atoms with Crippen LogP contribution in [0.4, 0.5) is 32.1 Å². The molecule has 2 aromatic carbocycles. The third-order valence-corrected chi connectivity index (χ3v) is 9.23. The minimum Gasteiger partial charge on any atom is -0.506 e. The molecule has 1 aliphatic heterocycles. The zero-order chi connectivity index (χ0) is 25.8. The number of phenolic OH excluding ortho intramolecular Hbond substituents is 1. The summed E-state index contributed by atoms with van der Waals surface area (Å²) in [6.07, 6.45) is 0. The van der Waals surface area contributed by atoms with Gasteiger partial charge in [-0.25, -0.2) is 19.2 Å². The van der Waals surface area contributed by atoms with E-state index in [0.29, 0.717) is 50.0 Å². The van der Waals surface area contributed by atoms with Gasteiger partial charge in [-0.2, -0.15) is 0 Å². The molecule has 2 aromatic heterocycles. The van der Waals surface area contributed by atoms with Gasteiger partial charge in [-0.1, -0.05) is 37.6 Å². The maximum absolute atomic E-state index is 15.4. The topological polar surface area (TPSA) is 90.4 Å². The van der Waals surface area contributed by atoms with E-state index in [1.54, 1.807) is 17.5 Å². The van der Waals surface area contributed by atoms with Gasteiger partial charge in [0.2, 0.25) is 0 Å². The zero-order valence-corrected chi connectivity index (χ0v) is 23.9. The molecule has 0 radical (unpaired) electrons. The predicted molar refractivity (Wildman–Crippen MR) is 153 cm³/mol. The first kappa shape index (κ1) is 25.2. The number of thiazole rings is 2. The molecule has 4 aromatic rings. The lowest BCUT2D eigenvalue weighted by Crippen LogP contribution is -2.27. The number of para-hydroxylation sites is 2. The van der Waals surface area contributed by atoms with Crippen LogP contribution in [0.5, 0.6) is 5.75 Å². The SMILES string of the molecule is Cc1nc(-c2c(F)cc(O)c3c2C(C)(C)CN3c2ccccc2NC(=O)Nc2csc(Cl)n2)sc1I. The Kier molecular flexibility index (Phi) is 6.60. The molecule has 0 fully saturated rings. The van der Waals surface area contributed by atoms with Crippen LogP contribution in [0.2, 0.25) is 4.47 Å². The molecule has 12 heteroatoms. The predicted octanol–water partition coefficient (Wildman–Crippen LogP) is 7.75. The molecule has 186 valence electrons. The summed E-state index contributed by atoms with van der Waals surface area (Å²) < 4.78 is 16.7. The number of aromatic hydroxyl groups is 1. The summed E-state index contributed by atoms with van der Waals surface area (Å²) >= 11 is 10.7. The number of nitrogens with one attached hydrogen (secondary N) is 2. The summed E-state index contributed by atoms with van der Waals surface area (Å²) in [6, 6.07) is 7.91. The Morgan fingerprint density at radius 2 is 2.03 bits per heavy atom. The second-order valence-electron chi connectivity index (χ2n) is 8.91. The maximum Gasteiger partial charge on any atom is 0.324 e. The number of benzene rings is 2. The molecule has 5 rings (SSSR count). The van der Waals surface area contributed by atoms with Crippen molar-refractivity contribution in [2.45, 2.75) is 26.2 Å². The van der Waals surface area contributed by atoms with E-state index >= 15 is 4.39 Å². The highest BCUT2D eigenvalue weighted by Gasteiger charge is 2.42. The molecular formula is C24H20ClFIN5O2S2. The lowest BCUT2D eigenvalue weighted by molar-refractivity contribution is 0.262. The van der Waals surface area contributed by atoms with Crippen LogP contribution in [0.3, 0.4) is 0 Å². The fourth-order valence-corrected chi connectivity index (χ4v) is 6.70. The van der Waals surface area contributed by atoms with Crippen molar-refractivity contribution in [3.63, 3.8) is 0 Å². The molecule has 0 saturated heterocycles. The highest BCUT2D eigenvalue weighted by atomic mass is 127. The highest BCUT2D eigenvalue weighted by Crippen LogP contribution is 2.55. The van der Waals surface area contributed by atoms with Crippen LogP contribution in [-0.4, -0.2) is 27.7 Å². The Balaban J connectivity index is 1.58. The van der Waals surface area contributed by atoms with Gasteiger partial charge >= 0.3 is 6.03 Å². The van der Waals surface area contributed by atoms with E-state index in [4.69, 9.17) is 11.6 Å². The average Bonchev–Trinajstić information content (AvgIpc) is 3.44. The monoisotopic (exact) mass is 655 g/mol. The first-order valence-corrected chi connectivity index (χ1v) is 14.0. The van der Waals surface area contributed by atoms with Crippen LogP contribution in [0.25, 0.3) is 10.6 Å². The van der Waals surface area contributed by atoms with Crippen LogP contribution < -0.4 is 15.5 Å². The van der Waals surface area contributed by atoms with Gasteiger partial charge < -0.3 is 15.3 Å². The number of hydrogen-bond donors (Lipinski definition) is 3. The number of halogens is 3. The molecule has 0 spiro atoms. The van der Waals surface area contributed by atoms with Gasteiger partial charge in [-0.15, -0.1) is 22.7 Å². The minimum atomic E-state index is -0.526. The maximum atomic E-state index is 15.4. The van der Waals surface area contributed by atoms with Crippen molar-refractivity contribution in [3.8, 4) is 16.3 Å². The molecule has 3 N–H and O–H groups in total. The molecular weight excluding hydrogens is 636 g/mol. The molecule has 0 unspecified atom stereocenters. The third-order valence-electron chi connectivity index (χ3n) is 5.85. The van der Waals surface area contributed by atoms with E-state index in [1.807, 2.05) is 37.8 Å². The molecule has 0 aliphatic carbocycles. The van der Waals surface area contributed by atoms with Gasteiger partial charge in [0.15, 0.2) is 4.47 Å². The van der Waals surface area contributed by atoms with Crippen LogP contribution >= 0.6 is 56.9 Å². The second-order valence-corrected chi connectivity index (χ2v) is 13.2. The number of carbonyl (C=O) groups excluding carboxylic acids is 1. The van der Waals surface area contributed by atoms with E-state index in [0.717, 1.165) is 14.6 Å². The number of amides is 2. The summed E-state index contributed by atoms with van der Waals surface area (Å²) in [7, 11) is 0. The van der Waals surface area contributed by atoms with Crippen LogP contribution in [0, 0.1) is 15.6 Å². The summed E-state index contributed by atoms with van der Waals surface area (Å²) in [4.78, 5) is 23.2. The van der Waals surface area contributed by atoms with Gasteiger partial charge in [0, 0.05) is 29.0 Å². The van der Waals surface area contributed by atoms with Crippen molar-refractivity contribution in [2.75, 3.05) is 22.1 Å². The number of aryl methyl sites for hydroxylation is 1. The number of carbonyl (C=O) groups is 1. The molecule has 36 heavy (non-hydrogen) atoms. The Hall–Kier alpha value is -2.48. The molecule has 0 atom stereocenters. The van der Waals surface area contributed by atoms with E-state index < -0.39 is 17.3 Å². The van der Waals surface area contributed by atoms with Crippen molar-refractivity contribution in [1.82, 2.24) is 9.97 Å². The molecule has 7 nitrogen and oxygen atoms in total. The Morgan fingerprint density at radius 1 is 1.28 bits per heavy atom. The van der Waals surface area contributed by atoms with Gasteiger partial charge in [-0.3, -0.25) is 5.32 Å². The Labute approximate surface area is 233 Å². The molecule has 0 saturated carbocycles. The molecule has 1 aliphatic rings. The largest absolute Gasteiger partial charge is 0.506 e. The molecule has 3 heterocycles. The number of fused-ring (bicyclic) bond motifs is 1. The lowest BCUT2D eigenvalue weighted by Gasteiger charge is -2.25. The van der Waals surface area contributed by atoms with Gasteiger partial charge in [0.25, 0.3) is 0 Å². The number of phenols is 1. The number of aromatic nitrogens is 2. The van der Waals surface area contributed by atoms with Crippen molar-refractivity contribution < 1.29 is 14.3 Å². The number of rotatable bonds is 4. The van der Waals surface area contributed by atoms with Crippen LogP contribution in [0.1, 0.15) is 25.1 Å². The van der Waals surface area contributed by atoms with Crippen molar-refractivity contribution in [2.24, 2.45) is 0 Å². The summed E-state index contributed by atoms with van der Waals surface area (Å²) in [5, 5.41) is 18.7. The fourth-order valence-electron chi connectivity index (χ4n) is 4.41. The summed E-state index contributed by atoms with van der Waals surface area (Å²) in [5.41, 5.74) is 3.07. The van der Waals surface area contributed by atoms with Gasteiger partial charge in [0.1, 0.15) is 22.4 Å². The van der Waals surface area contributed by atoms with Crippen LogP contribution in [-0.2, 0) is 5.41 Å². The lowest BCUT2D eigenvalue weighted by atomic mass is 9.83. The molecule has 0 bridgehead atoms.